The van der Waals surface area contributed by atoms with Crippen LogP contribution in [0.5, 0.6) is 11.5 Å². The molecule has 7 heteroatoms. The Hall–Kier alpha value is -3.58. The van der Waals surface area contributed by atoms with Gasteiger partial charge < -0.3 is 23.7 Å². The van der Waals surface area contributed by atoms with E-state index in [-0.39, 0.29) is 19.8 Å². The number of ether oxygens (including phenoxy) is 5. The molecule has 0 amide bonds. The molecule has 0 spiro atoms. The molecular formula is C24H26O7. The minimum absolute atomic E-state index is 0.169. The Morgan fingerprint density at radius 2 is 1.00 bits per heavy atom. The Bertz CT molecular complexity index is 841. The van der Waals surface area contributed by atoms with Crippen molar-refractivity contribution < 1.29 is 33.3 Å². The van der Waals surface area contributed by atoms with Crippen molar-refractivity contribution in [3.05, 3.63) is 73.8 Å². The number of carbonyl (C=O) groups excluding carboxylic acids is 2. The first-order valence-corrected chi connectivity index (χ1v) is 9.74. The van der Waals surface area contributed by atoms with Gasteiger partial charge in [-0.15, -0.1) is 0 Å². The van der Waals surface area contributed by atoms with Crippen LogP contribution < -0.4 is 9.47 Å². The van der Waals surface area contributed by atoms with Gasteiger partial charge in [-0.2, -0.15) is 0 Å². The maximum atomic E-state index is 11.0. The van der Waals surface area contributed by atoms with Gasteiger partial charge in [-0.25, -0.2) is 9.59 Å². The second-order valence-corrected chi connectivity index (χ2v) is 6.10. The zero-order valence-corrected chi connectivity index (χ0v) is 17.3. The summed E-state index contributed by atoms with van der Waals surface area (Å²) in [6.07, 6.45) is 2.23. The molecule has 7 nitrogen and oxygen atoms in total. The fourth-order valence-corrected chi connectivity index (χ4v) is 2.43. The highest BCUT2D eigenvalue weighted by Gasteiger charge is 2.02. The van der Waals surface area contributed by atoms with Crippen molar-refractivity contribution in [2.75, 3.05) is 39.6 Å². The molecule has 0 aliphatic carbocycles. The van der Waals surface area contributed by atoms with Crippen LogP contribution in [0.25, 0.3) is 11.1 Å². The maximum Gasteiger partial charge on any atom is 0.330 e. The molecule has 31 heavy (non-hydrogen) atoms. The van der Waals surface area contributed by atoms with Crippen molar-refractivity contribution in [2.45, 2.75) is 0 Å². The van der Waals surface area contributed by atoms with Gasteiger partial charge in [0.25, 0.3) is 0 Å². The van der Waals surface area contributed by atoms with Gasteiger partial charge >= 0.3 is 11.9 Å². The second kappa shape index (κ2) is 13.6. The smallest absolute Gasteiger partial charge is 0.330 e. The number of benzene rings is 2. The minimum Gasteiger partial charge on any atom is -0.491 e. The standard InChI is InChI=1S/C24H26O7/c1-3-23(25)30-16-14-27-13-15-28-21-9-5-19(6-10-21)20-7-11-22(12-8-20)29-17-18-31-24(26)4-2/h3-12H,1-2,13-18H2. The van der Waals surface area contributed by atoms with E-state index in [1.165, 1.54) is 0 Å². The first-order valence-electron chi connectivity index (χ1n) is 9.74. The van der Waals surface area contributed by atoms with E-state index in [1.807, 2.05) is 48.5 Å². The van der Waals surface area contributed by atoms with E-state index in [1.54, 1.807) is 0 Å². The highest BCUT2D eigenvalue weighted by atomic mass is 16.6. The molecule has 0 heterocycles. The second-order valence-electron chi connectivity index (χ2n) is 6.10. The lowest BCUT2D eigenvalue weighted by Gasteiger charge is -2.09. The lowest BCUT2D eigenvalue weighted by atomic mass is 10.1. The first kappa shape index (κ1) is 23.7. The molecule has 0 N–H and O–H groups in total. The largest absolute Gasteiger partial charge is 0.491 e. The van der Waals surface area contributed by atoms with Gasteiger partial charge in [0.1, 0.15) is 37.9 Å². The van der Waals surface area contributed by atoms with Crippen LogP contribution in [0.2, 0.25) is 0 Å². The normalized spacial score (nSPS) is 10.1. The fourth-order valence-electron chi connectivity index (χ4n) is 2.43. The number of rotatable bonds is 14. The summed E-state index contributed by atoms with van der Waals surface area (Å²) in [6.45, 7) is 8.36. The quantitative estimate of drug-likeness (QED) is 0.259. The summed E-state index contributed by atoms with van der Waals surface area (Å²) in [5.74, 6) is 0.496. The third-order valence-electron chi connectivity index (χ3n) is 3.94. The average molecular weight is 426 g/mol. The number of hydrogen-bond acceptors (Lipinski definition) is 7. The van der Waals surface area contributed by atoms with Gasteiger partial charge in [0.2, 0.25) is 0 Å². The molecular weight excluding hydrogens is 400 g/mol. The molecule has 0 unspecified atom stereocenters. The van der Waals surface area contributed by atoms with Gasteiger partial charge in [-0.05, 0) is 35.4 Å². The van der Waals surface area contributed by atoms with Crippen LogP contribution in [0.15, 0.2) is 73.8 Å². The summed E-state index contributed by atoms with van der Waals surface area (Å²) in [6, 6.07) is 15.3. The van der Waals surface area contributed by atoms with Crippen LogP contribution in [-0.2, 0) is 23.8 Å². The molecule has 0 radical (unpaired) electrons. The highest BCUT2D eigenvalue weighted by Crippen LogP contribution is 2.24. The predicted molar refractivity (Wildman–Crippen MR) is 116 cm³/mol. The average Bonchev–Trinajstić information content (AvgIpc) is 2.81. The maximum absolute atomic E-state index is 11.0. The lowest BCUT2D eigenvalue weighted by Crippen LogP contribution is -2.12. The molecule has 2 rings (SSSR count). The SMILES string of the molecule is C=CC(=O)OCCOCCOc1ccc(-c2ccc(OCCOC(=O)C=C)cc2)cc1. The topological polar surface area (TPSA) is 80.3 Å². The summed E-state index contributed by atoms with van der Waals surface area (Å²) in [5, 5.41) is 0. The third-order valence-corrected chi connectivity index (χ3v) is 3.94. The Balaban J connectivity index is 1.68. The molecule has 0 bridgehead atoms. The van der Waals surface area contributed by atoms with Crippen molar-refractivity contribution in [2.24, 2.45) is 0 Å². The van der Waals surface area contributed by atoms with Crippen molar-refractivity contribution in [3.8, 4) is 22.6 Å². The highest BCUT2D eigenvalue weighted by molar-refractivity contribution is 5.81. The van der Waals surface area contributed by atoms with E-state index in [0.717, 1.165) is 29.0 Å². The Morgan fingerprint density at radius 1 is 0.613 bits per heavy atom. The Morgan fingerprint density at radius 3 is 1.45 bits per heavy atom. The van der Waals surface area contributed by atoms with Gasteiger partial charge in [-0.1, -0.05) is 37.4 Å². The van der Waals surface area contributed by atoms with Crippen molar-refractivity contribution in [1.82, 2.24) is 0 Å². The molecule has 0 saturated heterocycles. The van der Waals surface area contributed by atoms with Gasteiger partial charge in [0.15, 0.2) is 0 Å². The van der Waals surface area contributed by atoms with Crippen LogP contribution in [-0.4, -0.2) is 51.6 Å². The van der Waals surface area contributed by atoms with Crippen LogP contribution in [0.3, 0.4) is 0 Å². The summed E-state index contributed by atoms with van der Waals surface area (Å²) in [5.41, 5.74) is 2.08. The zero-order valence-electron chi connectivity index (χ0n) is 17.3. The summed E-state index contributed by atoms with van der Waals surface area (Å²) < 4.78 is 26.2. The molecule has 164 valence electrons. The number of hydrogen-bond donors (Lipinski definition) is 0. The molecule has 2 aromatic rings. The molecule has 0 aromatic heterocycles. The van der Waals surface area contributed by atoms with Crippen molar-refractivity contribution in [1.29, 1.82) is 0 Å². The number of carbonyl (C=O) groups is 2. The Labute approximate surface area is 181 Å². The van der Waals surface area contributed by atoms with E-state index >= 15 is 0 Å². The minimum atomic E-state index is -0.467. The van der Waals surface area contributed by atoms with Crippen LogP contribution in [0.1, 0.15) is 0 Å². The monoisotopic (exact) mass is 426 g/mol. The van der Waals surface area contributed by atoms with E-state index in [4.69, 9.17) is 23.7 Å². The molecule has 0 saturated carbocycles. The van der Waals surface area contributed by atoms with Gasteiger partial charge in [-0.3, -0.25) is 0 Å². The van der Waals surface area contributed by atoms with E-state index in [9.17, 15) is 9.59 Å². The molecule has 0 aliphatic heterocycles. The third kappa shape index (κ3) is 9.18. The first-order chi connectivity index (χ1) is 15.1. The fraction of sp³-hybridized carbons (Fsp3) is 0.250. The lowest BCUT2D eigenvalue weighted by molar-refractivity contribution is -0.139. The summed E-state index contributed by atoms with van der Waals surface area (Å²) >= 11 is 0. The van der Waals surface area contributed by atoms with E-state index < -0.39 is 11.9 Å². The molecule has 0 aliphatic rings. The van der Waals surface area contributed by atoms with Gasteiger partial charge in [0.05, 0.1) is 13.2 Å². The Kier molecular flexibility index (Phi) is 10.4. The molecule has 0 fully saturated rings. The van der Waals surface area contributed by atoms with E-state index in [0.29, 0.717) is 25.6 Å². The van der Waals surface area contributed by atoms with Crippen LogP contribution in [0, 0.1) is 0 Å². The number of esters is 2. The van der Waals surface area contributed by atoms with Crippen LogP contribution in [0.4, 0.5) is 0 Å². The van der Waals surface area contributed by atoms with Crippen molar-refractivity contribution in [3.63, 3.8) is 0 Å². The predicted octanol–water partition coefficient (Wildman–Crippen LogP) is 3.59. The van der Waals surface area contributed by atoms with Crippen LogP contribution >= 0.6 is 0 Å². The summed E-state index contributed by atoms with van der Waals surface area (Å²) in [4.78, 5) is 21.8. The zero-order chi connectivity index (χ0) is 22.3. The molecule has 0 atom stereocenters. The molecule has 2 aromatic carbocycles. The van der Waals surface area contributed by atoms with E-state index in [2.05, 4.69) is 13.2 Å². The van der Waals surface area contributed by atoms with Gasteiger partial charge in [0, 0.05) is 12.2 Å². The van der Waals surface area contributed by atoms with Crippen molar-refractivity contribution >= 4 is 11.9 Å². The summed E-state index contributed by atoms with van der Waals surface area (Å²) in [7, 11) is 0.